The predicted octanol–water partition coefficient (Wildman–Crippen LogP) is 4.38. The van der Waals surface area contributed by atoms with Gasteiger partial charge < -0.3 is 15.3 Å². The van der Waals surface area contributed by atoms with E-state index in [0.717, 1.165) is 10.2 Å². The van der Waals surface area contributed by atoms with Crippen molar-refractivity contribution in [3.63, 3.8) is 0 Å². The van der Waals surface area contributed by atoms with Gasteiger partial charge in [0, 0.05) is 26.0 Å². The summed E-state index contributed by atoms with van der Waals surface area (Å²) in [4.78, 5) is 23.4. The van der Waals surface area contributed by atoms with E-state index >= 15 is 0 Å². The van der Waals surface area contributed by atoms with E-state index < -0.39 is 0 Å². The van der Waals surface area contributed by atoms with Crippen LogP contribution in [-0.4, -0.2) is 35.1 Å². The molecule has 0 fully saturated rings. The molecule has 0 saturated carbocycles. The van der Waals surface area contributed by atoms with E-state index in [1.54, 1.807) is 41.4 Å². The molecule has 0 aliphatic heterocycles. The molecule has 28 heavy (non-hydrogen) atoms. The molecule has 2 N–H and O–H groups in total. The first-order chi connectivity index (χ1) is 13.5. The number of rotatable bonds is 4. The maximum atomic E-state index is 12.8. The van der Waals surface area contributed by atoms with Crippen molar-refractivity contribution < 1.29 is 9.90 Å². The number of carbonyl (C=O) groups excluding carboxylic acids is 1. The second kappa shape index (κ2) is 7.28. The fourth-order valence-electron chi connectivity index (χ4n) is 2.90. The summed E-state index contributed by atoms with van der Waals surface area (Å²) in [7, 11) is 3.68. The van der Waals surface area contributed by atoms with Crippen LogP contribution in [0.1, 0.15) is 10.4 Å². The first-order valence-corrected chi connectivity index (χ1v) is 9.47. The van der Waals surface area contributed by atoms with E-state index in [0.29, 0.717) is 27.6 Å². The average molecular weight is 390 g/mol. The highest BCUT2D eigenvalue weighted by Crippen LogP contribution is 2.36. The molecule has 0 unspecified atom stereocenters. The van der Waals surface area contributed by atoms with Gasteiger partial charge in [0.25, 0.3) is 5.91 Å². The van der Waals surface area contributed by atoms with Crippen LogP contribution in [0.25, 0.3) is 20.8 Å². The van der Waals surface area contributed by atoms with Gasteiger partial charge in [-0.1, -0.05) is 12.1 Å². The molecule has 1 amide bonds. The van der Waals surface area contributed by atoms with Crippen LogP contribution in [0.5, 0.6) is 5.75 Å². The van der Waals surface area contributed by atoms with Gasteiger partial charge in [0.05, 0.1) is 21.3 Å². The van der Waals surface area contributed by atoms with Crippen LogP contribution in [-0.2, 0) is 0 Å². The van der Waals surface area contributed by atoms with Crippen LogP contribution in [0.15, 0.2) is 60.8 Å². The molecule has 0 bridgehead atoms. The molecule has 4 rings (SSSR count). The summed E-state index contributed by atoms with van der Waals surface area (Å²) in [5.74, 6) is 0.440. The van der Waals surface area contributed by atoms with E-state index in [1.165, 1.54) is 11.3 Å². The van der Waals surface area contributed by atoms with Crippen molar-refractivity contribution in [1.82, 2.24) is 9.97 Å². The van der Waals surface area contributed by atoms with Gasteiger partial charge in [-0.05, 0) is 42.5 Å². The summed E-state index contributed by atoms with van der Waals surface area (Å²) in [6, 6.07) is 16.2. The van der Waals surface area contributed by atoms with E-state index in [1.807, 2.05) is 38.4 Å². The molecule has 0 saturated heterocycles. The zero-order valence-electron chi connectivity index (χ0n) is 15.4. The summed E-state index contributed by atoms with van der Waals surface area (Å²) in [5.41, 5.74) is 2.51. The standard InChI is InChI=1S/C21H18N4O2S/c1-25(2)19-14(6-5-11-22-19)20(27)23-13-9-10-17(26)15(12-13)21-24-16-7-3-4-8-18(16)28-21/h3-12,26H,1-2H3,(H,23,27). The Balaban J connectivity index is 1.67. The van der Waals surface area contributed by atoms with Gasteiger partial charge >= 0.3 is 0 Å². The Labute approximate surface area is 166 Å². The summed E-state index contributed by atoms with van der Waals surface area (Å²) in [5, 5.41) is 13.9. The normalized spacial score (nSPS) is 10.8. The maximum Gasteiger partial charge on any atom is 0.259 e. The number of phenols is 1. The molecule has 6 nitrogen and oxygen atoms in total. The molecule has 4 aromatic rings. The number of hydrogen-bond donors (Lipinski definition) is 2. The number of amides is 1. The van der Waals surface area contributed by atoms with E-state index in [9.17, 15) is 9.90 Å². The van der Waals surface area contributed by atoms with E-state index in [-0.39, 0.29) is 11.7 Å². The fraction of sp³-hybridized carbons (Fsp3) is 0.0952. The molecule has 140 valence electrons. The van der Waals surface area contributed by atoms with Gasteiger partial charge in [-0.25, -0.2) is 9.97 Å². The van der Waals surface area contributed by atoms with Crippen LogP contribution in [0, 0.1) is 0 Å². The molecule has 0 spiro atoms. The van der Waals surface area contributed by atoms with Crippen molar-refractivity contribution in [2.24, 2.45) is 0 Å². The summed E-state index contributed by atoms with van der Waals surface area (Å²) in [6.07, 6.45) is 1.65. The number of aromatic nitrogens is 2. The first-order valence-electron chi connectivity index (χ1n) is 8.65. The molecule has 0 radical (unpaired) electrons. The van der Waals surface area contributed by atoms with Crippen molar-refractivity contribution >= 4 is 39.0 Å². The van der Waals surface area contributed by atoms with Crippen molar-refractivity contribution in [2.45, 2.75) is 0 Å². The number of thiazole rings is 1. The Kier molecular flexibility index (Phi) is 4.67. The lowest BCUT2D eigenvalue weighted by Gasteiger charge is -2.15. The number of aromatic hydroxyl groups is 1. The highest BCUT2D eigenvalue weighted by Gasteiger charge is 2.16. The van der Waals surface area contributed by atoms with Crippen LogP contribution in [0.4, 0.5) is 11.5 Å². The monoisotopic (exact) mass is 390 g/mol. The molecular weight excluding hydrogens is 372 g/mol. The van der Waals surface area contributed by atoms with E-state index in [2.05, 4.69) is 15.3 Å². The third-order valence-corrected chi connectivity index (χ3v) is 5.30. The Morgan fingerprint density at radius 3 is 2.71 bits per heavy atom. The first kappa shape index (κ1) is 17.9. The van der Waals surface area contributed by atoms with Crippen LogP contribution in [0.3, 0.4) is 0 Å². The summed E-state index contributed by atoms with van der Waals surface area (Å²) >= 11 is 1.49. The fourth-order valence-corrected chi connectivity index (χ4v) is 3.89. The zero-order valence-corrected chi connectivity index (χ0v) is 16.2. The number of benzene rings is 2. The smallest absolute Gasteiger partial charge is 0.259 e. The molecule has 2 heterocycles. The number of anilines is 2. The minimum absolute atomic E-state index is 0.118. The number of hydrogen-bond acceptors (Lipinski definition) is 6. The van der Waals surface area contributed by atoms with Crippen LogP contribution in [0.2, 0.25) is 0 Å². The third kappa shape index (κ3) is 3.39. The Morgan fingerprint density at radius 1 is 1.11 bits per heavy atom. The number of pyridine rings is 1. The molecule has 0 aliphatic carbocycles. The quantitative estimate of drug-likeness (QED) is 0.506. The number of phenolic OH excluding ortho intramolecular Hbond substituents is 1. The molecule has 2 aromatic heterocycles. The minimum Gasteiger partial charge on any atom is -0.507 e. The summed E-state index contributed by atoms with van der Waals surface area (Å²) in [6.45, 7) is 0. The topological polar surface area (TPSA) is 78.4 Å². The van der Waals surface area contributed by atoms with Crippen LogP contribution >= 0.6 is 11.3 Å². The average Bonchev–Trinajstić information content (AvgIpc) is 3.13. The highest BCUT2D eigenvalue weighted by atomic mass is 32.1. The molecular formula is C21H18N4O2S. The second-order valence-corrected chi connectivity index (χ2v) is 7.47. The van der Waals surface area contributed by atoms with Gasteiger partial charge in [0.2, 0.25) is 0 Å². The molecule has 7 heteroatoms. The molecule has 2 aromatic carbocycles. The Hall–Kier alpha value is -3.45. The van der Waals surface area contributed by atoms with Crippen LogP contribution < -0.4 is 10.2 Å². The van der Waals surface area contributed by atoms with Gasteiger partial charge in [-0.2, -0.15) is 0 Å². The van der Waals surface area contributed by atoms with Gasteiger partial charge in [-0.15, -0.1) is 11.3 Å². The van der Waals surface area contributed by atoms with Crippen molar-refractivity contribution in [2.75, 3.05) is 24.3 Å². The number of nitrogens with one attached hydrogen (secondary N) is 1. The highest BCUT2D eigenvalue weighted by molar-refractivity contribution is 7.21. The Bertz CT molecular complexity index is 1140. The second-order valence-electron chi connectivity index (χ2n) is 6.44. The third-order valence-electron chi connectivity index (χ3n) is 4.23. The Morgan fingerprint density at radius 2 is 1.93 bits per heavy atom. The lowest BCUT2D eigenvalue weighted by Crippen LogP contribution is -2.19. The zero-order chi connectivity index (χ0) is 19.7. The van der Waals surface area contributed by atoms with Gasteiger partial charge in [0.1, 0.15) is 16.6 Å². The summed E-state index contributed by atoms with van der Waals surface area (Å²) < 4.78 is 1.04. The largest absolute Gasteiger partial charge is 0.507 e. The molecule has 0 aliphatic rings. The minimum atomic E-state index is -0.266. The van der Waals surface area contributed by atoms with Crippen molar-refractivity contribution in [3.8, 4) is 16.3 Å². The van der Waals surface area contributed by atoms with Gasteiger partial charge in [-0.3, -0.25) is 4.79 Å². The van der Waals surface area contributed by atoms with Crippen molar-refractivity contribution in [3.05, 3.63) is 66.4 Å². The molecule has 0 atom stereocenters. The predicted molar refractivity (Wildman–Crippen MR) is 113 cm³/mol. The SMILES string of the molecule is CN(C)c1ncccc1C(=O)Nc1ccc(O)c(-c2nc3ccccc3s2)c1. The number of carbonyl (C=O) groups is 1. The van der Waals surface area contributed by atoms with E-state index in [4.69, 9.17) is 0 Å². The lowest BCUT2D eigenvalue weighted by molar-refractivity contribution is 0.102. The number of para-hydroxylation sites is 1. The van der Waals surface area contributed by atoms with Crippen molar-refractivity contribution in [1.29, 1.82) is 0 Å². The maximum absolute atomic E-state index is 12.8. The number of fused-ring (bicyclic) bond motifs is 1. The lowest BCUT2D eigenvalue weighted by atomic mass is 10.1. The van der Waals surface area contributed by atoms with Gasteiger partial charge in [0.15, 0.2) is 0 Å². The number of nitrogens with zero attached hydrogens (tertiary/aromatic N) is 3.